The fourth-order valence-electron chi connectivity index (χ4n) is 1.81. The van der Waals surface area contributed by atoms with Crippen LogP contribution in [-0.4, -0.2) is 22.9 Å². The predicted molar refractivity (Wildman–Crippen MR) is 39.9 cm³/mol. The molecule has 1 N–H and O–H groups in total. The topological polar surface area (TPSA) is 29.5 Å². The van der Waals surface area contributed by atoms with E-state index in [2.05, 4.69) is 0 Å². The average Bonchev–Trinajstić information content (AvgIpc) is 1.54. The molecule has 1 aliphatic heterocycles. The maximum absolute atomic E-state index is 9.64. The summed E-state index contributed by atoms with van der Waals surface area (Å²) in [7, 11) is 0. The fourth-order valence-corrected chi connectivity index (χ4v) is 1.81. The summed E-state index contributed by atoms with van der Waals surface area (Å²) in [5.41, 5.74) is -0.503. The van der Waals surface area contributed by atoms with Crippen LogP contribution in [0.5, 0.6) is 0 Å². The van der Waals surface area contributed by atoms with Gasteiger partial charge >= 0.3 is 0 Å². The third kappa shape index (κ3) is 1.96. The summed E-state index contributed by atoms with van der Waals surface area (Å²) in [6.07, 6.45) is 1.94. The lowest BCUT2D eigenvalue weighted by Crippen LogP contribution is -2.40. The molecule has 1 heterocycles. The van der Waals surface area contributed by atoms with Gasteiger partial charge in [-0.25, -0.2) is 0 Å². The summed E-state index contributed by atoms with van der Waals surface area (Å²) in [5, 5.41) is 9.64. The SMILES string of the molecule is CC1CC(C)(O)C[C@H](C)O1. The largest absolute Gasteiger partial charge is 0.390 e. The Labute approximate surface area is 62.2 Å². The molecule has 2 heteroatoms. The molecule has 2 nitrogen and oxygen atoms in total. The van der Waals surface area contributed by atoms with Crippen molar-refractivity contribution in [3.63, 3.8) is 0 Å². The third-order valence-electron chi connectivity index (χ3n) is 1.92. The third-order valence-corrected chi connectivity index (χ3v) is 1.92. The van der Waals surface area contributed by atoms with Gasteiger partial charge in [0.2, 0.25) is 0 Å². The van der Waals surface area contributed by atoms with E-state index in [1.54, 1.807) is 0 Å². The number of aliphatic hydroxyl groups is 1. The van der Waals surface area contributed by atoms with E-state index in [1.807, 2.05) is 20.8 Å². The second kappa shape index (κ2) is 2.51. The maximum atomic E-state index is 9.64. The van der Waals surface area contributed by atoms with Crippen molar-refractivity contribution in [2.24, 2.45) is 0 Å². The molecule has 10 heavy (non-hydrogen) atoms. The summed E-state index contributed by atoms with van der Waals surface area (Å²) in [6.45, 7) is 5.89. The van der Waals surface area contributed by atoms with Gasteiger partial charge in [-0.2, -0.15) is 0 Å². The minimum atomic E-state index is -0.503. The van der Waals surface area contributed by atoms with Gasteiger partial charge in [-0.3, -0.25) is 0 Å². The number of hydrogen-bond donors (Lipinski definition) is 1. The van der Waals surface area contributed by atoms with Gasteiger partial charge in [0.1, 0.15) is 0 Å². The van der Waals surface area contributed by atoms with Crippen molar-refractivity contribution in [1.82, 2.24) is 0 Å². The van der Waals surface area contributed by atoms with Crippen LogP contribution >= 0.6 is 0 Å². The first-order valence-electron chi connectivity index (χ1n) is 3.87. The Balaban J connectivity index is 2.51. The van der Waals surface area contributed by atoms with Crippen LogP contribution in [0.3, 0.4) is 0 Å². The molecule has 1 saturated heterocycles. The highest BCUT2D eigenvalue weighted by molar-refractivity contribution is 4.82. The Morgan fingerprint density at radius 3 is 2.00 bits per heavy atom. The second-order valence-electron chi connectivity index (χ2n) is 3.66. The molecule has 0 aromatic heterocycles. The molecule has 0 saturated carbocycles. The zero-order valence-corrected chi connectivity index (χ0v) is 6.92. The van der Waals surface area contributed by atoms with E-state index in [0.717, 1.165) is 12.8 Å². The minimum absolute atomic E-state index is 0.207. The molecule has 3 atom stereocenters. The molecule has 1 fully saturated rings. The minimum Gasteiger partial charge on any atom is -0.390 e. The van der Waals surface area contributed by atoms with Crippen LogP contribution in [0.1, 0.15) is 33.6 Å². The van der Waals surface area contributed by atoms with Crippen molar-refractivity contribution in [3.05, 3.63) is 0 Å². The van der Waals surface area contributed by atoms with E-state index >= 15 is 0 Å². The Morgan fingerprint density at radius 1 is 1.30 bits per heavy atom. The molecular formula is C8H16O2. The van der Waals surface area contributed by atoms with Gasteiger partial charge in [0.15, 0.2) is 0 Å². The Kier molecular flexibility index (Phi) is 2.02. The Bertz CT molecular complexity index is 108. The first-order chi connectivity index (χ1) is 4.49. The summed E-state index contributed by atoms with van der Waals surface area (Å²) in [6, 6.07) is 0. The second-order valence-corrected chi connectivity index (χ2v) is 3.66. The quantitative estimate of drug-likeness (QED) is 0.555. The zero-order valence-electron chi connectivity index (χ0n) is 6.92. The van der Waals surface area contributed by atoms with Crippen molar-refractivity contribution in [2.45, 2.75) is 51.4 Å². The molecular weight excluding hydrogens is 128 g/mol. The van der Waals surface area contributed by atoms with Crippen LogP contribution in [0.2, 0.25) is 0 Å². The molecule has 0 bridgehead atoms. The van der Waals surface area contributed by atoms with Crippen molar-refractivity contribution < 1.29 is 9.84 Å². The smallest absolute Gasteiger partial charge is 0.0668 e. The first kappa shape index (κ1) is 8.02. The number of hydrogen-bond acceptors (Lipinski definition) is 2. The van der Waals surface area contributed by atoms with Crippen LogP contribution in [0, 0.1) is 0 Å². The molecule has 0 aromatic carbocycles. The maximum Gasteiger partial charge on any atom is 0.0668 e. The van der Waals surface area contributed by atoms with Crippen LogP contribution in [0.4, 0.5) is 0 Å². The summed E-state index contributed by atoms with van der Waals surface area (Å²) in [4.78, 5) is 0. The molecule has 2 unspecified atom stereocenters. The van der Waals surface area contributed by atoms with E-state index < -0.39 is 5.60 Å². The van der Waals surface area contributed by atoms with Crippen LogP contribution in [0.25, 0.3) is 0 Å². The Morgan fingerprint density at radius 2 is 1.70 bits per heavy atom. The molecule has 0 aliphatic carbocycles. The van der Waals surface area contributed by atoms with E-state index in [1.165, 1.54) is 0 Å². The van der Waals surface area contributed by atoms with E-state index in [0.29, 0.717) is 0 Å². The van der Waals surface area contributed by atoms with Crippen LogP contribution in [-0.2, 0) is 4.74 Å². The van der Waals surface area contributed by atoms with Crippen molar-refractivity contribution in [2.75, 3.05) is 0 Å². The predicted octanol–water partition coefficient (Wildman–Crippen LogP) is 1.32. The first-order valence-corrected chi connectivity index (χ1v) is 3.87. The lowest BCUT2D eigenvalue weighted by Gasteiger charge is -2.36. The highest BCUT2D eigenvalue weighted by atomic mass is 16.5. The van der Waals surface area contributed by atoms with Crippen LogP contribution in [0.15, 0.2) is 0 Å². The van der Waals surface area contributed by atoms with Gasteiger partial charge in [0, 0.05) is 12.8 Å². The van der Waals surface area contributed by atoms with Gasteiger partial charge < -0.3 is 9.84 Å². The van der Waals surface area contributed by atoms with Gasteiger partial charge in [-0.1, -0.05) is 0 Å². The lowest BCUT2D eigenvalue weighted by atomic mass is 9.90. The van der Waals surface area contributed by atoms with Gasteiger partial charge in [-0.05, 0) is 20.8 Å². The van der Waals surface area contributed by atoms with E-state index in [4.69, 9.17) is 4.74 Å². The lowest BCUT2D eigenvalue weighted by molar-refractivity contribution is -0.123. The van der Waals surface area contributed by atoms with Crippen molar-refractivity contribution >= 4 is 0 Å². The van der Waals surface area contributed by atoms with Gasteiger partial charge in [-0.15, -0.1) is 0 Å². The van der Waals surface area contributed by atoms with Gasteiger partial charge in [0.05, 0.1) is 17.8 Å². The molecule has 0 amide bonds. The summed E-state index contributed by atoms with van der Waals surface area (Å²) < 4.78 is 5.46. The summed E-state index contributed by atoms with van der Waals surface area (Å²) >= 11 is 0. The van der Waals surface area contributed by atoms with Crippen molar-refractivity contribution in [1.29, 1.82) is 0 Å². The Hall–Kier alpha value is -0.0800. The van der Waals surface area contributed by atoms with Crippen LogP contribution < -0.4 is 0 Å². The number of ether oxygens (including phenoxy) is 1. The molecule has 0 radical (unpaired) electrons. The fraction of sp³-hybridized carbons (Fsp3) is 1.00. The molecule has 1 rings (SSSR count). The zero-order chi connectivity index (χ0) is 7.78. The van der Waals surface area contributed by atoms with E-state index in [-0.39, 0.29) is 12.2 Å². The van der Waals surface area contributed by atoms with Crippen molar-refractivity contribution in [3.8, 4) is 0 Å². The monoisotopic (exact) mass is 144 g/mol. The molecule has 1 aliphatic rings. The summed E-state index contributed by atoms with van der Waals surface area (Å²) in [5.74, 6) is 0. The highest BCUT2D eigenvalue weighted by Crippen LogP contribution is 2.27. The molecule has 0 spiro atoms. The molecule has 0 aromatic rings. The highest BCUT2D eigenvalue weighted by Gasteiger charge is 2.32. The van der Waals surface area contributed by atoms with E-state index in [9.17, 15) is 5.11 Å². The van der Waals surface area contributed by atoms with Gasteiger partial charge in [0.25, 0.3) is 0 Å². The average molecular weight is 144 g/mol. The standard InChI is InChI=1S/C8H16O2/c1-6-4-8(3,9)5-7(2)10-6/h6-7,9H,4-5H2,1-3H3/t6-,7?,8?/m0/s1. The number of rotatable bonds is 0. The normalized spacial score (nSPS) is 49.2. The molecule has 60 valence electrons.